The van der Waals surface area contributed by atoms with E-state index in [2.05, 4.69) is 37.6 Å². The minimum atomic E-state index is -1.09. The van der Waals surface area contributed by atoms with Crippen LogP contribution in [0.3, 0.4) is 0 Å². The molecule has 33 heavy (non-hydrogen) atoms. The van der Waals surface area contributed by atoms with Gasteiger partial charge in [0.1, 0.15) is 9.30 Å². The Hall–Kier alpha value is -2.89. The third kappa shape index (κ3) is 4.90. The fourth-order valence-corrected chi connectivity index (χ4v) is 4.24. The second-order valence-corrected chi connectivity index (χ2v) is 9.99. The summed E-state index contributed by atoms with van der Waals surface area (Å²) < 4.78 is 7.81. The standard InChI is InChI=1S/C23H26IN5O4/c1-14-20(24)29-18(25-14)13-17(19(26-29)21(30)31)15-5-7-16(8-6-15)27-9-11-28(12-10-27)22(32)33-23(2,3)4/h5-8,13H,9-12H2,1-4H3,(H,30,31). The lowest BCUT2D eigenvalue weighted by atomic mass is 10.0. The Bertz CT molecular complexity index is 1210. The van der Waals surface area contributed by atoms with Crippen molar-refractivity contribution in [2.45, 2.75) is 33.3 Å². The van der Waals surface area contributed by atoms with E-state index in [1.54, 1.807) is 15.5 Å². The lowest BCUT2D eigenvalue weighted by Crippen LogP contribution is -2.50. The zero-order valence-electron chi connectivity index (χ0n) is 19.0. The fourth-order valence-electron chi connectivity index (χ4n) is 3.76. The molecule has 3 heterocycles. The van der Waals surface area contributed by atoms with Crippen molar-refractivity contribution in [3.63, 3.8) is 0 Å². The van der Waals surface area contributed by atoms with Crippen molar-refractivity contribution >= 4 is 46.0 Å². The number of hydrogen-bond acceptors (Lipinski definition) is 6. The monoisotopic (exact) mass is 563 g/mol. The molecule has 3 aromatic rings. The number of aryl methyl sites for hydroxylation is 1. The molecule has 0 unspecified atom stereocenters. The predicted octanol–water partition coefficient (Wildman–Crippen LogP) is 4.06. The van der Waals surface area contributed by atoms with Gasteiger partial charge < -0.3 is 19.6 Å². The highest BCUT2D eigenvalue weighted by Crippen LogP contribution is 2.28. The summed E-state index contributed by atoms with van der Waals surface area (Å²) in [6, 6.07) is 9.50. The van der Waals surface area contributed by atoms with E-state index in [0.717, 1.165) is 20.6 Å². The average Bonchev–Trinajstić information content (AvgIpc) is 3.05. The van der Waals surface area contributed by atoms with E-state index in [4.69, 9.17) is 4.74 Å². The normalized spacial score (nSPS) is 14.6. The van der Waals surface area contributed by atoms with Gasteiger partial charge in [-0.3, -0.25) is 0 Å². The number of carboxylic acids is 1. The molecule has 1 aliphatic rings. The smallest absolute Gasteiger partial charge is 0.410 e. The van der Waals surface area contributed by atoms with E-state index in [-0.39, 0.29) is 11.8 Å². The Morgan fingerprint density at radius 1 is 1.09 bits per heavy atom. The van der Waals surface area contributed by atoms with Crippen molar-refractivity contribution in [2.75, 3.05) is 31.1 Å². The highest BCUT2D eigenvalue weighted by atomic mass is 127. The number of fused-ring (bicyclic) bond motifs is 1. The van der Waals surface area contributed by atoms with Crippen LogP contribution in [0.25, 0.3) is 16.8 Å². The van der Waals surface area contributed by atoms with Gasteiger partial charge in [0.2, 0.25) is 0 Å². The number of aromatic carboxylic acids is 1. The van der Waals surface area contributed by atoms with Crippen molar-refractivity contribution in [3.05, 3.63) is 45.4 Å². The number of carbonyl (C=O) groups is 2. The molecular formula is C23H26IN5O4. The maximum Gasteiger partial charge on any atom is 0.410 e. The van der Waals surface area contributed by atoms with Gasteiger partial charge in [-0.05, 0) is 74.0 Å². The number of nitrogens with zero attached hydrogens (tertiary/aromatic N) is 5. The van der Waals surface area contributed by atoms with Crippen LogP contribution in [0.2, 0.25) is 0 Å². The molecule has 0 radical (unpaired) electrons. The summed E-state index contributed by atoms with van der Waals surface area (Å²) in [7, 11) is 0. The maximum absolute atomic E-state index is 12.3. The van der Waals surface area contributed by atoms with Crippen LogP contribution in [0.15, 0.2) is 30.3 Å². The van der Waals surface area contributed by atoms with Gasteiger partial charge in [-0.15, -0.1) is 0 Å². The summed E-state index contributed by atoms with van der Waals surface area (Å²) in [6.45, 7) is 10.0. The number of carboxylic acid groups (broad SMARTS) is 1. The van der Waals surface area contributed by atoms with Crippen molar-refractivity contribution in [3.8, 4) is 11.1 Å². The second-order valence-electron chi connectivity index (χ2n) is 8.97. The second kappa shape index (κ2) is 8.81. The van der Waals surface area contributed by atoms with E-state index < -0.39 is 11.6 Å². The number of ether oxygens (including phenoxy) is 1. The van der Waals surface area contributed by atoms with Crippen LogP contribution in [0.4, 0.5) is 10.5 Å². The SMILES string of the molecule is Cc1nc2cc(-c3ccc(N4CCN(C(=O)OC(C)(C)C)CC4)cc3)c(C(=O)O)nn2c1I. The number of hydrogen-bond donors (Lipinski definition) is 1. The van der Waals surface area contributed by atoms with E-state index in [1.807, 2.05) is 52.0 Å². The first-order valence-corrected chi connectivity index (χ1v) is 11.7. The molecule has 0 aliphatic carbocycles. The number of carbonyl (C=O) groups excluding carboxylic acids is 1. The molecular weight excluding hydrogens is 537 g/mol. The molecule has 1 aromatic carbocycles. The Kier molecular flexibility index (Phi) is 6.21. The Balaban J connectivity index is 1.53. The quantitative estimate of drug-likeness (QED) is 0.480. The summed E-state index contributed by atoms with van der Waals surface area (Å²) in [5.41, 5.74) is 3.18. The molecule has 1 saturated heterocycles. The van der Waals surface area contributed by atoms with Gasteiger partial charge in [0, 0.05) is 37.4 Å². The number of aromatic nitrogens is 3. The van der Waals surface area contributed by atoms with Crippen LogP contribution in [-0.2, 0) is 4.74 Å². The molecule has 1 amide bonds. The van der Waals surface area contributed by atoms with Crippen LogP contribution in [0.1, 0.15) is 37.0 Å². The molecule has 10 heteroatoms. The summed E-state index contributed by atoms with van der Waals surface area (Å²) in [4.78, 5) is 32.6. The van der Waals surface area contributed by atoms with Crippen LogP contribution in [0.5, 0.6) is 0 Å². The van der Waals surface area contributed by atoms with Gasteiger partial charge >= 0.3 is 12.1 Å². The van der Waals surface area contributed by atoms with Gasteiger partial charge in [-0.25, -0.2) is 19.1 Å². The summed E-state index contributed by atoms with van der Waals surface area (Å²) >= 11 is 2.11. The van der Waals surface area contributed by atoms with Crippen LogP contribution >= 0.6 is 22.6 Å². The minimum absolute atomic E-state index is 0.0171. The van der Waals surface area contributed by atoms with Crippen molar-refractivity contribution in [2.24, 2.45) is 0 Å². The Morgan fingerprint density at radius 2 is 1.73 bits per heavy atom. The summed E-state index contributed by atoms with van der Waals surface area (Å²) in [5.74, 6) is -1.09. The van der Waals surface area contributed by atoms with E-state index in [0.29, 0.717) is 37.4 Å². The maximum atomic E-state index is 12.3. The van der Waals surface area contributed by atoms with Gasteiger partial charge in [0.05, 0.1) is 5.69 Å². The van der Waals surface area contributed by atoms with Crippen LogP contribution in [0, 0.1) is 10.6 Å². The third-order valence-corrected chi connectivity index (χ3v) is 6.63. The summed E-state index contributed by atoms with van der Waals surface area (Å²) in [5, 5.41) is 14.1. The predicted molar refractivity (Wildman–Crippen MR) is 133 cm³/mol. The number of rotatable bonds is 3. The van der Waals surface area contributed by atoms with Crippen molar-refractivity contribution in [1.29, 1.82) is 0 Å². The third-order valence-electron chi connectivity index (χ3n) is 5.39. The number of imidazole rings is 1. The van der Waals surface area contributed by atoms with Crippen molar-refractivity contribution in [1.82, 2.24) is 19.5 Å². The van der Waals surface area contributed by atoms with E-state index in [9.17, 15) is 14.7 Å². The van der Waals surface area contributed by atoms with Gasteiger partial charge in [0.15, 0.2) is 11.3 Å². The van der Waals surface area contributed by atoms with Crippen molar-refractivity contribution < 1.29 is 19.4 Å². The first kappa shape index (κ1) is 23.3. The Labute approximate surface area is 205 Å². The highest BCUT2D eigenvalue weighted by molar-refractivity contribution is 14.1. The van der Waals surface area contributed by atoms with Crippen LogP contribution in [-0.4, -0.2) is 68.4 Å². The minimum Gasteiger partial charge on any atom is -0.476 e. The molecule has 1 aliphatic heterocycles. The first-order valence-electron chi connectivity index (χ1n) is 10.7. The molecule has 174 valence electrons. The molecule has 4 rings (SSSR count). The lowest BCUT2D eigenvalue weighted by molar-refractivity contribution is 0.0240. The fraction of sp³-hybridized carbons (Fsp3) is 0.391. The topological polar surface area (TPSA) is 100 Å². The molecule has 9 nitrogen and oxygen atoms in total. The molecule has 0 spiro atoms. The molecule has 0 bridgehead atoms. The van der Waals surface area contributed by atoms with E-state index in [1.165, 1.54) is 0 Å². The zero-order chi connectivity index (χ0) is 23.9. The molecule has 1 fully saturated rings. The van der Waals surface area contributed by atoms with Gasteiger partial charge in [-0.2, -0.15) is 5.10 Å². The number of amides is 1. The first-order chi connectivity index (χ1) is 15.5. The van der Waals surface area contributed by atoms with Gasteiger partial charge in [-0.1, -0.05) is 12.1 Å². The van der Waals surface area contributed by atoms with Crippen LogP contribution < -0.4 is 4.90 Å². The number of anilines is 1. The number of piperazine rings is 1. The summed E-state index contributed by atoms with van der Waals surface area (Å²) in [6.07, 6.45) is -0.287. The largest absolute Gasteiger partial charge is 0.476 e. The highest BCUT2D eigenvalue weighted by Gasteiger charge is 2.26. The number of benzene rings is 1. The lowest BCUT2D eigenvalue weighted by Gasteiger charge is -2.36. The average molecular weight is 563 g/mol. The Morgan fingerprint density at radius 3 is 2.30 bits per heavy atom. The van der Waals surface area contributed by atoms with E-state index >= 15 is 0 Å². The molecule has 1 N–H and O–H groups in total. The zero-order valence-corrected chi connectivity index (χ0v) is 21.2. The molecule has 2 aromatic heterocycles. The molecule has 0 atom stereocenters. The van der Waals surface area contributed by atoms with Gasteiger partial charge in [0.25, 0.3) is 0 Å². The number of halogens is 1. The molecule has 0 saturated carbocycles.